The molecule has 0 radical (unpaired) electrons. The number of aromatic nitrogens is 3. The molecule has 4 rings (SSSR count). The van der Waals surface area contributed by atoms with Gasteiger partial charge in [-0.25, -0.2) is 14.2 Å². The van der Waals surface area contributed by atoms with Gasteiger partial charge < -0.3 is 14.8 Å². The van der Waals surface area contributed by atoms with Crippen molar-refractivity contribution in [2.24, 2.45) is 0 Å². The van der Waals surface area contributed by atoms with Crippen molar-refractivity contribution < 1.29 is 23.5 Å². The third kappa shape index (κ3) is 5.44. The lowest BCUT2D eigenvalue weighted by Gasteiger charge is -2.09. The van der Waals surface area contributed by atoms with Gasteiger partial charge in [0.25, 0.3) is 11.5 Å². The molecule has 0 spiro atoms. The standard InChI is InChI=1S/C23H19FN4O5S/c1-2-20-27-28-21(30)11-16(26-23(28)34-20)12-33-22(31)14-6-5-7-15(10-14)25-19(29)13-32-18-9-4-3-8-17(18)24/h3-11H,2,12-13H2,1H3,(H,25,29). The van der Waals surface area contributed by atoms with E-state index in [0.29, 0.717) is 22.8 Å². The number of rotatable bonds is 8. The van der Waals surface area contributed by atoms with Gasteiger partial charge in [0, 0.05) is 11.8 Å². The number of hydrogen-bond acceptors (Lipinski definition) is 8. The van der Waals surface area contributed by atoms with Crippen LogP contribution >= 0.6 is 11.3 Å². The van der Waals surface area contributed by atoms with Crippen LogP contribution in [0.15, 0.2) is 59.4 Å². The minimum Gasteiger partial charge on any atom is -0.481 e. The fourth-order valence-corrected chi connectivity index (χ4v) is 3.82. The van der Waals surface area contributed by atoms with E-state index in [9.17, 15) is 18.8 Å². The van der Waals surface area contributed by atoms with Crippen LogP contribution in [0, 0.1) is 5.82 Å². The van der Waals surface area contributed by atoms with Crippen LogP contribution in [-0.4, -0.2) is 33.1 Å². The van der Waals surface area contributed by atoms with E-state index >= 15 is 0 Å². The molecule has 1 amide bonds. The molecule has 2 aromatic carbocycles. The molecule has 0 aliphatic carbocycles. The van der Waals surface area contributed by atoms with E-state index in [1.807, 2.05) is 6.92 Å². The zero-order valence-corrected chi connectivity index (χ0v) is 18.8. The lowest BCUT2D eigenvalue weighted by atomic mass is 10.2. The van der Waals surface area contributed by atoms with Crippen molar-refractivity contribution in [3.05, 3.63) is 87.0 Å². The quantitative estimate of drug-likeness (QED) is 0.384. The Morgan fingerprint density at radius 1 is 1.15 bits per heavy atom. The first-order valence-corrected chi connectivity index (χ1v) is 11.1. The van der Waals surface area contributed by atoms with Crippen molar-refractivity contribution in [2.45, 2.75) is 20.0 Å². The van der Waals surface area contributed by atoms with Gasteiger partial charge in [0.05, 0.1) is 11.3 Å². The van der Waals surface area contributed by atoms with Crippen molar-refractivity contribution in [3.8, 4) is 5.75 Å². The number of para-hydroxylation sites is 1. The minimum atomic E-state index is -0.653. The Labute approximate surface area is 196 Å². The number of ether oxygens (including phenoxy) is 2. The summed E-state index contributed by atoms with van der Waals surface area (Å²) in [6.45, 7) is 1.33. The first-order chi connectivity index (χ1) is 16.4. The first-order valence-electron chi connectivity index (χ1n) is 10.3. The van der Waals surface area contributed by atoms with E-state index in [-0.39, 0.29) is 23.5 Å². The van der Waals surface area contributed by atoms with E-state index in [1.54, 1.807) is 18.2 Å². The summed E-state index contributed by atoms with van der Waals surface area (Å²) in [4.78, 5) is 41.6. The Kier molecular flexibility index (Phi) is 6.93. The van der Waals surface area contributed by atoms with Crippen LogP contribution in [0.4, 0.5) is 10.1 Å². The van der Waals surface area contributed by atoms with Gasteiger partial charge in [0.15, 0.2) is 18.2 Å². The molecule has 2 aromatic heterocycles. The number of hydrogen-bond donors (Lipinski definition) is 1. The number of nitrogens with zero attached hydrogens (tertiary/aromatic N) is 3. The van der Waals surface area contributed by atoms with Gasteiger partial charge in [-0.2, -0.15) is 9.61 Å². The minimum absolute atomic E-state index is 0.0364. The van der Waals surface area contributed by atoms with Crippen molar-refractivity contribution in [1.82, 2.24) is 14.6 Å². The summed E-state index contributed by atoms with van der Waals surface area (Å²) in [6, 6.07) is 13.1. The highest BCUT2D eigenvalue weighted by atomic mass is 32.1. The maximum absolute atomic E-state index is 13.6. The normalized spacial score (nSPS) is 10.8. The topological polar surface area (TPSA) is 112 Å². The Balaban J connectivity index is 1.36. The van der Waals surface area contributed by atoms with E-state index in [0.717, 1.165) is 5.01 Å². The fraction of sp³-hybridized carbons (Fsp3) is 0.174. The van der Waals surface area contributed by atoms with Crippen molar-refractivity contribution in [1.29, 1.82) is 0 Å². The van der Waals surface area contributed by atoms with Crippen molar-refractivity contribution in [2.75, 3.05) is 11.9 Å². The Hall–Kier alpha value is -4.12. The average molecular weight is 482 g/mol. The molecule has 0 unspecified atom stereocenters. The van der Waals surface area contributed by atoms with Crippen LogP contribution in [0.1, 0.15) is 28.0 Å². The largest absolute Gasteiger partial charge is 0.481 e. The number of benzene rings is 2. The van der Waals surface area contributed by atoms with Crippen LogP contribution in [0.25, 0.3) is 4.96 Å². The zero-order valence-electron chi connectivity index (χ0n) is 18.0. The smallest absolute Gasteiger partial charge is 0.338 e. The van der Waals surface area contributed by atoms with Crippen molar-refractivity contribution >= 4 is 33.9 Å². The number of esters is 1. The molecular formula is C23H19FN4O5S. The third-order valence-corrected chi connectivity index (χ3v) is 5.62. The maximum Gasteiger partial charge on any atom is 0.338 e. The second-order valence-corrected chi connectivity index (χ2v) is 8.09. The molecule has 4 aromatic rings. The molecule has 0 aliphatic rings. The highest BCUT2D eigenvalue weighted by Gasteiger charge is 2.13. The Morgan fingerprint density at radius 2 is 1.97 bits per heavy atom. The van der Waals surface area contributed by atoms with Crippen molar-refractivity contribution in [3.63, 3.8) is 0 Å². The number of carbonyl (C=O) groups excluding carboxylic acids is 2. The number of aryl methyl sites for hydroxylation is 1. The van der Waals surface area contributed by atoms with Gasteiger partial charge >= 0.3 is 5.97 Å². The van der Waals surface area contributed by atoms with Gasteiger partial charge in [-0.3, -0.25) is 9.59 Å². The molecular weight excluding hydrogens is 463 g/mol. The molecule has 2 heterocycles. The Bertz CT molecular complexity index is 1420. The number of amides is 1. The summed E-state index contributed by atoms with van der Waals surface area (Å²) >= 11 is 1.30. The van der Waals surface area contributed by atoms with Crippen LogP contribution in [-0.2, 0) is 22.6 Å². The third-order valence-electron chi connectivity index (χ3n) is 4.57. The monoisotopic (exact) mass is 482 g/mol. The molecule has 1 N–H and O–H groups in total. The molecule has 0 fully saturated rings. The second kappa shape index (κ2) is 10.2. The number of carbonyl (C=O) groups is 2. The zero-order chi connectivity index (χ0) is 24.1. The van der Waals surface area contributed by atoms with E-state index in [1.165, 1.54) is 52.3 Å². The SMILES string of the molecule is CCc1nn2c(=O)cc(COC(=O)c3cccc(NC(=O)COc4ccccc4F)c3)nc2s1. The van der Waals surface area contributed by atoms with E-state index < -0.39 is 24.3 Å². The molecule has 0 aliphatic heterocycles. The molecule has 9 nitrogen and oxygen atoms in total. The summed E-state index contributed by atoms with van der Waals surface area (Å²) in [5.74, 6) is -1.79. The van der Waals surface area contributed by atoms with Crippen LogP contribution < -0.4 is 15.6 Å². The highest BCUT2D eigenvalue weighted by molar-refractivity contribution is 7.16. The lowest BCUT2D eigenvalue weighted by molar-refractivity contribution is -0.118. The first kappa shape index (κ1) is 23.1. The molecule has 0 atom stereocenters. The summed E-state index contributed by atoms with van der Waals surface area (Å²) in [5, 5.41) is 7.53. The van der Waals surface area contributed by atoms with Gasteiger partial charge in [0.2, 0.25) is 4.96 Å². The van der Waals surface area contributed by atoms with Crippen LogP contribution in [0.2, 0.25) is 0 Å². The summed E-state index contributed by atoms with van der Waals surface area (Å²) < 4.78 is 25.3. The predicted octanol–water partition coefficient (Wildman–Crippen LogP) is 3.23. The summed E-state index contributed by atoms with van der Waals surface area (Å²) in [5.41, 5.74) is 0.483. The van der Waals surface area contributed by atoms with Gasteiger partial charge in [-0.05, 0) is 36.8 Å². The lowest BCUT2D eigenvalue weighted by Crippen LogP contribution is -2.20. The molecule has 0 bridgehead atoms. The van der Waals surface area contributed by atoms with Gasteiger partial charge in [-0.1, -0.05) is 36.5 Å². The molecule has 0 saturated carbocycles. The summed E-state index contributed by atoms with van der Waals surface area (Å²) in [6.07, 6.45) is 0.680. The average Bonchev–Trinajstić information content (AvgIpc) is 3.26. The number of anilines is 1. The fourth-order valence-electron chi connectivity index (χ4n) is 2.96. The Morgan fingerprint density at radius 3 is 2.76 bits per heavy atom. The van der Waals surface area contributed by atoms with Crippen LogP contribution in [0.3, 0.4) is 0 Å². The number of halogens is 1. The molecule has 174 valence electrons. The summed E-state index contributed by atoms with van der Waals surface area (Å²) in [7, 11) is 0. The second-order valence-electron chi connectivity index (χ2n) is 7.05. The van der Waals surface area contributed by atoms with Gasteiger partial charge in [-0.15, -0.1) is 0 Å². The predicted molar refractivity (Wildman–Crippen MR) is 123 cm³/mol. The number of nitrogens with one attached hydrogen (secondary N) is 1. The van der Waals surface area contributed by atoms with Crippen LogP contribution in [0.5, 0.6) is 5.75 Å². The van der Waals surface area contributed by atoms with E-state index in [4.69, 9.17) is 9.47 Å². The maximum atomic E-state index is 13.6. The van der Waals surface area contributed by atoms with E-state index in [2.05, 4.69) is 15.4 Å². The molecule has 34 heavy (non-hydrogen) atoms. The molecule has 0 saturated heterocycles. The number of fused-ring (bicyclic) bond motifs is 1. The highest BCUT2D eigenvalue weighted by Crippen LogP contribution is 2.17. The molecule has 11 heteroatoms. The van der Waals surface area contributed by atoms with Gasteiger partial charge in [0.1, 0.15) is 11.6 Å².